The summed E-state index contributed by atoms with van der Waals surface area (Å²) >= 11 is 12.0. The summed E-state index contributed by atoms with van der Waals surface area (Å²) in [5, 5.41) is 12.4. The van der Waals surface area contributed by atoms with Crippen molar-refractivity contribution in [2.45, 2.75) is 6.92 Å². The van der Waals surface area contributed by atoms with Crippen LogP contribution in [0.4, 0.5) is 5.69 Å². The number of para-hydroxylation sites is 1. The lowest BCUT2D eigenvalue weighted by Crippen LogP contribution is -2.53. The van der Waals surface area contributed by atoms with Crippen LogP contribution in [0.25, 0.3) is 0 Å². The van der Waals surface area contributed by atoms with E-state index in [2.05, 4.69) is 5.32 Å². The number of benzene rings is 1. The summed E-state index contributed by atoms with van der Waals surface area (Å²) in [7, 11) is 0. The van der Waals surface area contributed by atoms with Gasteiger partial charge in [0.15, 0.2) is 0 Å². The molecule has 1 aliphatic rings. The van der Waals surface area contributed by atoms with Crippen LogP contribution in [-0.2, 0) is 9.59 Å². The van der Waals surface area contributed by atoms with E-state index < -0.39 is 5.97 Å². The summed E-state index contributed by atoms with van der Waals surface area (Å²) in [5.41, 5.74) is 0.404. The Morgan fingerprint density at radius 1 is 1.38 bits per heavy atom. The first-order chi connectivity index (χ1) is 9.88. The molecule has 1 amide bonds. The second kappa shape index (κ2) is 6.64. The Bertz CT molecular complexity index is 539. The van der Waals surface area contributed by atoms with Crippen molar-refractivity contribution in [2.75, 3.05) is 25.0 Å². The number of hydrogen-bond acceptors (Lipinski definition) is 3. The summed E-state index contributed by atoms with van der Waals surface area (Å²) in [6.45, 7) is 3.10. The highest BCUT2D eigenvalue weighted by Gasteiger charge is 2.35. The number of anilines is 1. The minimum atomic E-state index is -0.799. The molecule has 1 aromatic rings. The van der Waals surface area contributed by atoms with E-state index in [9.17, 15) is 9.59 Å². The maximum atomic E-state index is 11.9. The normalized spacial score (nSPS) is 17.1. The number of nitrogens with one attached hydrogen (secondary N) is 1. The van der Waals surface area contributed by atoms with Gasteiger partial charge in [0.2, 0.25) is 5.91 Å². The van der Waals surface area contributed by atoms with Gasteiger partial charge < -0.3 is 10.4 Å². The number of carbonyl (C=O) groups excluding carboxylic acids is 1. The summed E-state index contributed by atoms with van der Waals surface area (Å²) in [6, 6.07) is 5.00. The molecule has 1 heterocycles. The van der Waals surface area contributed by atoms with E-state index in [1.165, 1.54) is 0 Å². The van der Waals surface area contributed by atoms with E-state index in [1.54, 1.807) is 25.1 Å². The molecular formula is C14H16Cl2N2O3. The van der Waals surface area contributed by atoms with E-state index in [-0.39, 0.29) is 24.3 Å². The number of hydrogen-bond donors (Lipinski definition) is 2. The molecule has 0 radical (unpaired) electrons. The average molecular weight is 331 g/mol. The van der Waals surface area contributed by atoms with Crippen molar-refractivity contribution in [3.63, 3.8) is 0 Å². The van der Waals surface area contributed by atoms with Gasteiger partial charge in [0.05, 0.1) is 28.2 Å². The zero-order valence-corrected chi connectivity index (χ0v) is 13.0. The van der Waals surface area contributed by atoms with Gasteiger partial charge in [-0.2, -0.15) is 0 Å². The lowest BCUT2D eigenvalue weighted by molar-refractivity contribution is -0.145. The van der Waals surface area contributed by atoms with Crippen LogP contribution in [-0.4, -0.2) is 41.5 Å². The average Bonchev–Trinajstić information content (AvgIpc) is 2.37. The van der Waals surface area contributed by atoms with Gasteiger partial charge >= 0.3 is 5.97 Å². The molecular weight excluding hydrogens is 315 g/mol. The summed E-state index contributed by atoms with van der Waals surface area (Å²) in [5.74, 6) is -1.31. The maximum Gasteiger partial charge on any atom is 0.306 e. The Morgan fingerprint density at radius 3 is 2.48 bits per heavy atom. The van der Waals surface area contributed by atoms with Gasteiger partial charge in [0, 0.05) is 13.1 Å². The third-order valence-electron chi connectivity index (χ3n) is 3.68. The Kier molecular flexibility index (Phi) is 5.08. The van der Waals surface area contributed by atoms with Crippen LogP contribution in [0.15, 0.2) is 18.2 Å². The van der Waals surface area contributed by atoms with Crippen molar-refractivity contribution in [3.05, 3.63) is 28.2 Å². The number of halogens is 2. The highest BCUT2D eigenvalue weighted by atomic mass is 35.5. The van der Waals surface area contributed by atoms with Crippen LogP contribution in [0.2, 0.25) is 10.0 Å². The van der Waals surface area contributed by atoms with Crippen molar-refractivity contribution in [1.82, 2.24) is 4.90 Å². The minimum Gasteiger partial charge on any atom is -0.481 e. The number of carboxylic acid groups (broad SMARTS) is 1. The molecule has 2 rings (SSSR count). The first kappa shape index (κ1) is 16.1. The Morgan fingerprint density at radius 2 is 1.95 bits per heavy atom. The van der Waals surface area contributed by atoms with Crippen molar-refractivity contribution < 1.29 is 14.7 Å². The van der Waals surface area contributed by atoms with Gasteiger partial charge in [-0.15, -0.1) is 0 Å². The molecule has 1 aromatic carbocycles. The van der Waals surface area contributed by atoms with Gasteiger partial charge in [-0.3, -0.25) is 14.5 Å². The minimum absolute atomic E-state index is 0.0965. The predicted octanol–water partition coefficient (Wildman–Crippen LogP) is 2.58. The van der Waals surface area contributed by atoms with Gasteiger partial charge in [0.25, 0.3) is 0 Å². The van der Waals surface area contributed by atoms with Crippen molar-refractivity contribution in [3.8, 4) is 0 Å². The lowest BCUT2D eigenvalue weighted by atomic mass is 9.87. The molecule has 0 aliphatic carbocycles. The Labute approximate surface area is 132 Å². The van der Waals surface area contributed by atoms with Gasteiger partial charge in [-0.1, -0.05) is 36.2 Å². The predicted molar refractivity (Wildman–Crippen MR) is 81.8 cm³/mol. The maximum absolute atomic E-state index is 11.9. The second-order valence-electron chi connectivity index (χ2n) is 5.23. The summed E-state index contributed by atoms with van der Waals surface area (Å²) in [6.07, 6.45) is 0. The molecule has 2 N–H and O–H groups in total. The van der Waals surface area contributed by atoms with Crippen LogP contribution >= 0.6 is 23.2 Å². The Balaban J connectivity index is 1.83. The van der Waals surface area contributed by atoms with Gasteiger partial charge in [-0.05, 0) is 18.1 Å². The monoisotopic (exact) mass is 330 g/mol. The van der Waals surface area contributed by atoms with Crippen LogP contribution in [0.1, 0.15) is 6.92 Å². The molecule has 1 atom stereocenters. The number of likely N-dealkylation sites (tertiary alicyclic amines) is 1. The van der Waals surface area contributed by atoms with Crippen molar-refractivity contribution in [1.29, 1.82) is 0 Å². The standard InChI is InChI=1S/C14H16Cl2N2O3/c1-8(14(20)21)9-5-18(6-9)7-12(19)17-13-10(15)3-2-4-11(13)16/h2-4,8-9H,5-7H2,1H3,(H,17,19)(H,20,21). The van der Waals surface area contributed by atoms with Gasteiger partial charge in [-0.25, -0.2) is 0 Å². The van der Waals surface area contributed by atoms with Crippen molar-refractivity contribution >= 4 is 40.8 Å². The number of amides is 1. The fourth-order valence-electron chi connectivity index (χ4n) is 2.26. The third-order valence-corrected chi connectivity index (χ3v) is 4.31. The molecule has 0 saturated carbocycles. The van der Waals surface area contributed by atoms with Crippen molar-refractivity contribution in [2.24, 2.45) is 11.8 Å². The number of carbonyl (C=O) groups is 2. The molecule has 21 heavy (non-hydrogen) atoms. The van der Waals surface area contributed by atoms with Crippen LogP contribution in [0.3, 0.4) is 0 Å². The second-order valence-corrected chi connectivity index (χ2v) is 6.04. The molecule has 5 nitrogen and oxygen atoms in total. The van der Waals surface area contributed by atoms with E-state index in [4.69, 9.17) is 28.3 Å². The Hall–Kier alpha value is -1.30. The molecule has 1 fully saturated rings. The molecule has 0 bridgehead atoms. The molecule has 114 valence electrons. The first-order valence-corrected chi connectivity index (χ1v) is 7.33. The smallest absolute Gasteiger partial charge is 0.306 e. The van der Waals surface area contributed by atoms with E-state index in [1.807, 2.05) is 4.90 Å². The molecule has 0 spiro atoms. The molecule has 1 saturated heterocycles. The number of aliphatic carboxylic acids is 1. The fourth-order valence-corrected chi connectivity index (χ4v) is 2.75. The molecule has 7 heteroatoms. The first-order valence-electron chi connectivity index (χ1n) is 6.57. The highest BCUT2D eigenvalue weighted by Crippen LogP contribution is 2.30. The van der Waals surface area contributed by atoms with E-state index in [0.29, 0.717) is 28.8 Å². The van der Waals surface area contributed by atoms with Gasteiger partial charge in [0.1, 0.15) is 0 Å². The highest BCUT2D eigenvalue weighted by molar-refractivity contribution is 6.39. The zero-order valence-electron chi connectivity index (χ0n) is 11.5. The number of rotatable bonds is 5. The summed E-state index contributed by atoms with van der Waals surface area (Å²) < 4.78 is 0. The SMILES string of the molecule is CC(C(=O)O)C1CN(CC(=O)Nc2c(Cl)cccc2Cl)C1. The number of nitrogens with zero attached hydrogens (tertiary/aromatic N) is 1. The molecule has 1 unspecified atom stereocenters. The zero-order chi connectivity index (χ0) is 15.6. The van der Waals surface area contributed by atoms with E-state index in [0.717, 1.165) is 0 Å². The quantitative estimate of drug-likeness (QED) is 0.870. The lowest BCUT2D eigenvalue weighted by Gasteiger charge is -2.40. The number of carboxylic acids is 1. The third kappa shape index (κ3) is 3.87. The largest absolute Gasteiger partial charge is 0.481 e. The van der Waals surface area contributed by atoms with Crippen LogP contribution in [0, 0.1) is 11.8 Å². The van der Waals surface area contributed by atoms with Crippen LogP contribution < -0.4 is 5.32 Å². The summed E-state index contributed by atoms with van der Waals surface area (Å²) in [4.78, 5) is 24.7. The van der Waals surface area contributed by atoms with Crippen LogP contribution in [0.5, 0.6) is 0 Å². The topological polar surface area (TPSA) is 69.6 Å². The molecule has 1 aliphatic heterocycles. The molecule has 0 aromatic heterocycles. The fraction of sp³-hybridized carbons (Fsp3) is 0.429. The van der Waals surface area contributed by atoms with E-state index >= 15 is 0 Å².